The Balaban J connectivity index is 2.01. The molecule has 6 nitrogen and oxygen atoms in total. The number of hydrogen-bond donors (Lipinski definition) is 1. The van der Waals surface area contributed by atoms with Crippen molar-refractivity contribution in [3.63, 3.8) is 0 Å². The fourth-order valence-corrected chi connectivity index (χ4v) is 2.70. The van der Waals surface area contributed by atoms with Crippen molar-refractivity contribution < 1.29 is 22.7 Å². The lowest BCUT2D eigenvalue weighted by atomic mass is 10.3. The predicted octanol–water partition coefficient (Wildman–Crippen LogP) is 1.42. The molecule has 1 aromatic heterocycles. The highest BCUT2D eigenvalue weighted by Crippen LogP contribution is 2.47. The number of fused-ring (bicyclic) bond motifs is 1. The van der Waals surface area contributed by atoms with Gasteiger partial charge >= 0.3 is 5.97 Å². The van der Waals surface area contributed by atoms with E-state index in [4.69, 9.17) is 9.52 Å². The van der Waals surface area contributed by atoms with Crippen LogP contribution in [0.3, 0.4) is 0 Å². The van der Waals surface area contributed by atoms with Gasteiger partial charge in [0.25, 0.3) is 0 Å². The minimum Gasteiger partial charge on any atom is -0.481 e. The number of benzene rings is 1. The maximum Gasteiger partial charge on any atom is 0.307 e. The zero-order valence-corrected chi connectivity index (χ0v) is 10.8. The highest BCUT2D eigenvalue weighted by molar-refractivity contribution is 7.90. The van der Waals surface area contributed by atoms with Crippen LogP contribution in [-0.2, 0) is 14.6 Å². The van der Waals surface area contributed by atoms with E-state index in [1.165, 1.54) is 12.1 Å². The molecular weight excluding hydrogens is 270 g/mol. The van der Waals surface area contributed by atoms with Crippen LogP contribution in [0.15, 0.2) is 27.5 Å². The first-order valence-electron chi connectivity index (χ1n) is 5.69. The van der Waals surface area contributed by atoms with Crippen molar-refractivity contribution in [2.75, 3.05) is 6.26 Å². The van der Waals surface area contributed by atoms with Gasteiger partial charge in [-0.15, -0.1) is 0 Å². The molecule has 0 bridgehead atoms. The molecule has 0 radical (unpaired) electrons. The van der Waals surface area contributed by atoms with Crippen LogP contribution >= 0.6 is 0 Å². The number of sulfone groups is 1. The second-order valence-electron chi connectivity index (χ2n) is 4.74. The zero-order chi connectivity index (χ0) is 13.8. The number of aliphatic carboxylic acids is 1. The normalized spacial score (nSPS) is 22.6. The van der Waals surface area contributed by atoms with E-state index in [9.17, 15) is 13.2 Å². The average molecular weight is 281 g/mol. The Morgan fingerprint density at radius 2 is 2.21 bits per heavy atom. The molecule has 2 aromatic rings. The summed E-state index contributed by atoms with van der Waals surface area (Å²) in [6.07, 6.45) is 1.64. The molecule has 1 saturated carbocycles. The van der Waals surface area contributed by atoms with Crippen molar-refractivity contribution in [1.29, 1.82) is 0 Å². The van der Waals surface area contributed by atoms with E-state index in [1.807, 2.05) is 0 Å². The molecule has 100 valence electrons. The zero-order valence-electron chi connectivity index (χ0n) is 10.0. The summed E-state index contributed by atoms with van der Waals surface area (Å²) in [4.78, 5) is 15.2. The smallest absolute Gasteiger partial charge is 0.307 e. The molecule has 19 heavy (non-hydrogen) atoms. The van der Waals surface area contributed by atoms with Gasteiger partial charge in [0, 0.05) is 12.2 Å². The molecule has 1 heterocycles. The highest BCUT2D eigenvalue weighted by Gasteiger charge is 2.47. The second-order valence-corrected chi connectivity index (χ2v) is 6.76. The van der Waals surface area contributed by atoms with Crippen molar-refractivity contribution >= 4 is 26.9 Å². The number of rotatable bonds is 3. The molecule has 1 N–H and O–H groups in total. The summed E-state index contributed by atoms with van der Waals surface area (Å²) in [5.74, 6) is -1.13. The topological polar surface area (TPSA) is 97.5 Å². The van der Waals surface area contributed by atoms with Crippen molar-refractivity contribution in [2.24, 2.45) is 5.92 Å². The van der Waals surface area contributed by atoms with Gasteiger partial charge in [0.05, 0.1) is 10.8 Å². The molecule has 7 heteroatoms. The lowest BCUT2D eigenvalue weighted by Gasteiger charge is -1.95. The Morgan fingerprint density at radius 1 is 1.47 bits per heavy atom. The van der Waals surface area contributed by atoms with Gasteiger partial charge in [0.1, 0.15) is 5.52 Å². The summed E-state index contributed by atoms with van der Waals surface area (Å²) in [6, 6.07) is 4.43. The monoisotopic (exact) mass is 281 g/mol. The molecule has 3 rings (SSSR count). The van der Waals surface area contributed by atoms with Crippen LogP contribution in [0.1, 0.15) is 18.2 Å². The quantitative estimate of drug-likeness (QED) is 0.913. The molecule has 1 aliphatic carbocycles. The van der Waals surface area contributed by atoms with Gasteiger partial charge in [0.15, 0.2) is 21.3 Å². The lowest BCUT2D eigenvalue weighted by molar-refractivity contribution is -0.138. The summed E-state index contributed by atoms with van der Waals surface area (Å²) in [7, 11) is -3.29. The number of oxazole rings is 1. The molecule has 0 spiro atoms. The maximum atomic E-state index is 11.4. The Kier molecular flexibility index (Phi) is 2.43. The summed E-state index contributed by atoms with van der Waals surface area (Å²) in [5.41, 5.74) is 0.910. The van der Waals surface area contributed by atoms with Crippen LogP contribution in [0.4, 0.5) is 0 Å². The predicted molar refractivity (Wildman–Crippen MR) is 65.6 cm³/mol. The van der Waals surface area contributed by atoms with E-state index in [0.717, 1.165) is 6.26 Å². The molecule has 0 aliphatic heterocycles. The highest BCUT2D eigenvalue weighted by atomic mass is 32.2. The summed E-state index contributed by atoms with van der Waals surface area (Å²) >= 11 is 0. The molecule has 2 unspecified atom stereocenters. The third-order valence-electron chi connectivity index (χ3n) is 3.23. The van der Waals surface area contributed by atoms with Gasteiger partial charge in [-0.05, 0) is 24.6 Å². The van der Waals surface area contributed by atoms with Crippen LogP contribution in [0.2, 0.25) is 0 Å². The first-order valence-corrected chi connectivity index (χ1v) is 7.59. The van der Waals surface area contributed by atoms with Crippen LogP contribution in [-0.4, -0.2) is 30.7 Å². The molecular formula is C12H11NO5S. The minimum absolute atomic E-state index is 0.172. The van der Waals surface area contributed by atoms with Gasteiger partial charge in [-0.2, -0.15) is 0 Å². The second kappa shape index (κ2) is 3.80. The number of nitrogens with zero attached hydrogens (tertiary/aromatic N) is 1. The first kappa shape index (κ1) is 12.2. The van der Waals surface area contributed by atoms with Crippen LogP contribution in [0.5, 0.6) is 0 Å². The van der Waals surface area contributed by atoms with Gasteiger partial charge in [-0.3, -0.25) is 4.79 Å². The van der Waals surface area contributed by atoms with Gasteiger partial charge in [0.2, 0.25) is 0 Å². The van der Waals surface area contributed by atoms with Crippen LogP contribution in [0.25, 0.3) is 11.1 Å². The molecule has 1 aliphatic rings. The van der Waals surface area contributed by atoms with Gasteiger partial charge in [-0.1, -0.05) is 0 Å². The molecule has 2 atom stereocenters. The SMILES string of the molecule is CS(=O)(=O)c1ccc2oc(C3CC3C(=O)O)nc2c1. The van der Waals surface area contributed by atoms with Crippen molar-refractivity contribution in [3.8, 4) is 0 Å². The van der Waals surface area contributed by atoms with Crippen molar-refractivity contribution in [1.82, 2.24) is 4.98 Å². The molecule has 1 fully saturated rings. The largest absolute Gasteiger partial charge is 0.481 e. The number of carboxylic acids is 1. The fraction of sp³-hybridized carbons (Fsp3) is 0.333. The van der Waals surface area contributed by atoms with Gasteiger partial charge < -0.3 is 9.52 Å². The van der Waals surface area contributed by atoms with Crippen LogP contribution in [0, 0.1) is 5.92 Å². The summed E-state index contributed by atoms with van der Waals surface area (Å²) in [6.45, 7) is 0. The van der Waals surface area contributed by atoms with E-state index >= 15 is 0 Å². The Hall–Kier alpha value is -1.89. The first-order chi connectivity index (χ1) is 8.86. The van der Waals surface area contributed by atoms with E-state index in [0.29, 0.717) is 23.4 Å². The number of carbonyl (C=O) groups is 1. The summed E-state index contributed by atoms with van der Waals surface area (Å²) in [5, 5.41) is 8.86. The van der Waals surface area contributed by atoms with E-state index in [-0.39, 0.29) is 10.8 Å². The van der Waals surface area contributed by atoms with E-state index in [2.05, 4.69) is 4.98 Å². The Labute approximate surface area is 109 Å². The fourth-order valence-electron chi connectivity index (χ4n) is 2.06. The standard InChI is InChI=1S/C12H11NO5S/c1-19(16,17)6-2-3-10-9(4-6)13-11(18-10)7-5-8(7)12(14)15/h2-4,7-8H,5H2,1H3,(H,14,15). The molecule has 0 saturated heterocycles. The third-order valence-corrected chi connectivity index (χ3v) is 4.34. The molecule has 1 aromatic carbocycles. The number of carboxylic acid groups (broad SMARTS) is 1. The third kappa shape index (κ3) is 2.10. The summed E-state index contributed by atoms with van der Waals surface area (Å²) < 4.78 is 28.3. The van der Waals surface area contributed by atoms with Gasteiger partial charge in [-0.25, -0.2) is 13.4 Å². The van der Waals surface area contributed by atoms with E-state index in [1.54, 1.807) is 6.07 Å². The average Bonchev–Trinajstić information content (AvgIpc) is 3.00. The van der Waals surface area contributed by atoms with Crippen molar-refractivity contribution in [3.05, 3.63) is 24.1 Å². The lowest BCUT2D eigenvalue weighted by Crippen LogP contribution is -1.98. The molecule has 0 amide bonds. The van der Waals surface area contributed by atoms with Crippen LogP contribution < -0.4 is 0 Å². The number of hydrogen-bond acceptors (Lipinski definition) is 5. The Morgan fingerprint density at radius 3 is 2.79 bits per heavy atom. The Bertz CT molecular complexity index is 777. The van der Waals surface area contributed by atoms with Crippen molar-refractivity contribution in [2.45, 2.75) is 17.2 Å². The van der Waals surface area contributed by atoms with E-state index < -0.39 is 21.7 Å². The number of aromatic nitrogens is 1. The minimum atomic E-state index is -3.29. The maximum absolute atomic E-state index is 11.4.